The molecule has 0 saturated carbocycles. The van der Waals surface area contributed by atoms with Crippen molar-refractivity contribution in [3.05, 3.63) is 77.9 Å². The lowest BCUT2D eigenvalue weighted by atomic mass is 10.2. The van der Waals surface area contributed by atoms with Crippen molar-refractivity contribution in [1.29, 1.82) is 0 Å². The number of nitrogens with zero attached hydrogens (tertiary/aromatic N) is 3. The Morgan fingerprint density at radius 2 is 2.00 bits per heavy atom. The van der Waals surface area contributed by atoms with Crippen LogP contribution < -0.4 is 10.1 Å². The van der Waals surface area contributed by atoms with Gasteiger partial charge in [0, 0.05) is 37.7 Å². The van der Waals surface area contributed by atoms with Crippen molar-refractivity contribution in [1.82, 2.24) is 20.1 Å². The Morgan fingerprint density at radius 3 is 2.67 bits per heavy atom. The quantitative estimate of drug-likeness (QED) is 0.756. The smallest absolute Gasteiger partial charge is 0.254 e. The van der Waals surface area contributed by atoms with Gasteiger partial charge in [-0.1, -0.05) is 18.2 Å². The van der Waals surface area contributed by atoms with Gasteiger partial charge in [-0.15, -0.1) is 0 Å². The first-order chi connectivity index (χ1) is 11.7. The summed E-state index contributed by atoms with van der Waals surface area (Å²) >= 11 is 0. The van der Waals surface area contributed by atoms with Crippen molar-refractivity contribution >= 4 is 5.91 Å². The van der Waals surface area contributed by atoms with Crippen LogP contribution in [0.2, 0.25) is 0 Å². The molecule has 0 spiro atoms. The van der Waals surface area contributed by atoms with Gasteiger partial charge in [0.1, 0.15) is 12.4 Å². The molecule has 0 fully saturated rings. The van der Waals surface area contributed by atoms with Crippen molar-refractivity contribution in [3.8, 4) is 5.75 Å². The van der Waals surface area contributed by atoms with Crippen LogP contribution in [0.3, 0.4) is 0 Å². The maximum absolute atomic E-state index is 12.0. The summed E-state index contributed by atoms with van der Waals surface area (Å²) in [6, 6.07) is 11.5. The molecular weight excluding hydrogens is 304 g/mol. The van der Waals surface area contributed by atoms with E-state index >= 15 is 0 Å². The Hall–Kier alpha value is -3.15. The molecule has 24 heavy (non-hydrogen) atoms. The number of hydrogen-bond acceptors (Lipinski definition) is 4. The Morgan fingerprint density at radius 1 is 1.17 bits per heavy atom. The molecule has 3 aromatic rings. The minimum atomic E-state index is -0.139. The van der Waals surface area contributed by atoms with E-state index in [0.717, 1.165) is 16.9 Å². The third-order valence-corrected chi connectivity index (χ3v) is 3.47. The van der Waals surface area contributed by atoms with E-state index in [-0.39, 0.29) is 5.91 Å². The number of pyridine rings is 1. The molecule has 6 heteroatoms. The van der Waals surface area contributed by atoms with Crippen molar-refractivity contribution in [2.24, 2.45) is 7.05 Å². The summed E-state index contributed by atoms with van der Waals surface area (Å²) in [6.45, 7) is 0.932. The normalized spacial score (nSPS) is 10.4. The SMILES string of the molecule is Cn1cc(C(=O)NCc2ccc(OCc3cccnc3)cc2)cn1. The number of amides is 1. The number of carbonyl (C=O) groups excluding carboxylic acids is 1. The predicted molar refractivity (Wildman–Crippen MR) is 89.4 cm³/mol. The Kier molecular flexibility index (Phi) is 4.86. The molecule has 6 nitrogen and oxygen atoms in total. The van der Waals surface area contributed by atoms with E-state index in [9.17, 15) is 4.79 Å². The minimum Gasteiger partial charge on any atom is -0.489 e. The highest BCUT2D eigenvalue weighted by Gasteiger charge is 2.07. The highest BCUT2D eigenvalue weighted by molar-refractivity contribution is 5.93. The van der Waals surface area contributed by atoms with Crippen LogP contribution in [0.25, 0.3) is 0 Å². The lowest BCUT2D eigenvalue weighted by Gasteiger charge is -2.08. The van der Waals surface area contributed by atoms with E-state index in [1.54, 1.807) is 36.5 Å². The average molecular weight is 322 g/mol. The summed E-state index contributed by atoms with van der Waals surface area (Å²) in [4.78, 5) is 16.0. The van der Waals surface area contributed by atoms with E-state index in [2.05, 4.69) is 15.4 Å². The highest BCUT2D eigenvalue weighted by Crippen LogP contribution is 2.14. The van der Waals surface area contributed by atoms with Gasteiger partial charge in [-0.25, -0.2) is 0 Å². The lowest BCUT2D eigenvalue weighted by molar-refractivity contribution is 0.0951. The number of carbonyl (C=O) groups is 1. The molecule has 2 aromatic heterocycles. The third kappa shape index (κ3) is 4.19. The summed E-state index contributed by atoms with van der Waals surface area (Å²) in [6.07, 6.45) is 6.75. The summed E-state index contributed by atoms with van der Waals surface area (Å²) in [5, 5.41) is 6.85. The fraction of sp³-hybridized carbons (Fsp3) is 0.167. The van der Waals surface area contributed by atoms with Crippen molar-refractivity contribution in [2.75, 3.05) is 0 Å². The van der Waals surface area contributed by atoms with E-state index in [1.807, 2.05) is 36.4 Å². The maximum atomic E-state index is 12.0. The van der Waals surface area contributed by atoms with Crippen molar-refractivity contribution in [3.63, 3.8) is 0 Å². The van der Waals surface area contributed by atoms with Gasteiger partial charge >= 0.3 is 0 Å². The van der Waals surface area contributed by atoms with Crippen molar-refractivity contribution in [2.45, 2.75) is 13.2 Å². The summed E-state index contributed by atoms with van der Waals surface area (Å²) < 4.78 is 7.31. The summed E-state index contributed by atoms with van der Waals surface area (Å²) in [5.41, 5.74) is 2.57. The Labute approximate surface area is 140 Å². The van der Waals surface area contributed by atoms with Crippen LogP contribution in [0.1, 0.15) is 21.5 Å². The molecule has 3 rings (SSSR count). The molecule has 1 amide bonds. The van der Waals surface area contributed by atoms with Gasteiger partial charge in [-0.2, -0.15) is 5.10 Å². The molecule has 0 aliphatic heterocycles. The number of rotatable bonds is 6. The van der Waals surface area contributed by atoms with Crippen LogP contribution in [0.5, 0.6) is 5.75 Å². The predicted octanol–water partition coefficient (Wildman–Crippen LogP) is 2.32. The largest absolute Gasteiger partial charge is 0.489 e. The monoisotopic (exact) mass is 322 g/mol. The molecule has 0 radical (unpaired) electrons. The second-order valence-corrected chi connectivity index (χ2v) is 5.38. The first-order valence-corrected chi connectivity index (χ1v) is 7.58. The third-order valence-electron chi connectivity index (χ3n) is 3.47. The van der Waals surface area contributed by atoms with E-state index in [0.29, 0.717) is 18.7 Å². The van der Waals surface area contributed by atoms with Crippen molar-refractivity contribution < 1.29 is 9.53 Å². The standard InChI is InChI=1S/C18H18N4O2/c1-22-12-16(11-21-22)18(23)20-10-14-4-6-17(7-5-14)24-13-15-3-2-8-19-9-15/h2-9,11-12H,10,13H2,1H3,(H,20,23). The second kappa shape index (κ2) is 7.41. The van der Waals surface area contributed by atoms with Crippen LogP contribution in [-0.4, -0.2) is 20.7 Å². The molecule has 122 valence electrons. The zero-order chi connectivity index (χ0) is 16.8. The molecule has 0 aliphatic rings. The van der Waals surface area contributed by atoms with Gasteiger partial charge in [-0.3, -0.25) is 14.5 Å². The maximum Gasteiger partial charge on any atom is 0.254 e. The van der Waals surface area contributed by atoms with Crippen LogP contribution in [0.15, 0.2) is 61.2 Å². The highest BCUT2D eigenvalue weighted by atomic mass is 16.5. The minimum absolute atomic E-state index is 0.139. The molecule has 0 atom stereocenters. The summed E-state index contributed by atoms with van der Waals surface area (Å²) in [7, 11) is 1.78. The number of hydrogen-bond donors (Lipinski definition) is 1. The molecule has 2 heterocycles. The average Bonchev–Trinajstić information content (AvgIpc) is 3.06. The van der Waals surface area contributed by atoms with Gasteiger partial charge in [0.05, 0.1) is 11.8 Å². The first kappa shape index (κ1) is 15.7. The van der Waals surface area contributed by atoms with Gasteiger partial charge in [0.15, 0.2) is 0 Å². The molecule has 0 bridgehead atoms. The van der Waals surface area contributed by atoms with Gasteiger partial charge in [0.2, 0.25) is 0 Å². The zero-order valence-corrected chi connectivity index (χ0v) is 13.3. The molecule has 0 unspecified atom stereocenters. The molecule has 0 aliphatic carbocycles. The summed E-state index contributed by atoms with van der Waals surface area (Å²) in [5.74, 6) is 0.640. The van der Waals surface area contributed by atoms with E-state index in [1.165, 1.54) is 0 Å². The fourth-order valence-electron chi connectivity index (χ4n) is 2.18. The van der Waals surface area contributed by atoms with Gasteiger partial charge in [-0.05, 0) is 23.8 Å². The lowest BCUT2D eigenvalue weighted by Crippen LogP contribution is -2.22. The molecular formula is C18H18N4O2. The Bertz CT molecular complexity index is 797. The number of aromatic nitrogens is 3. The number of benzene rings is 1. The van der Waals surface area contributed by atoms with Crippen LogP contribution in [0, 0.1) is 0 Å². The van der Waals surface area contributed by atoms with Crippen LogP contribution >= 0.6 is 0 Å². The van der Waals surface area contributed by atoms with Gasteiger partial charge < -0.3 is 10.1 Å². The van der Waals surface area contributed by atoms with Crippen LogP contribution in [0.4, 0.5) is 0 Å². The van der Waals surface area contributed by atoms with E-state index in [4.69, 9.17) is 4.74 Å². The Balaban J connectivity index is 1.50. The fourth-order valence-corrected chi connectivity index (χ4v) is 2.18. The number of ether oxygens (including phenoxy) is 1. The van der Waals surface area contributed by atoms with E-state index < -0.39 is 0 Å². The number of aryl methyl sites for hydroxylation is 1. The number of nitrogens with one attached hydrogen (secondary N) is 1. The second-order valence-electron chi connectivity index (χ2n) is 5.38. The molecule has 0 saturated heterocycles. The van der Waals surface area contributed by atoms with Gasteiger partial charge in [0.25, 0.3) is 5.91 Å². The molecule has 1 aromatic carbocycles. The molecule has 1 N–H and O–H groups in total. The zero-order valence-electron chi connectivity index (χ0n) is 13.3. The first-order valence-electron chi connectivity index (χ1n) is 7.58. The van der Waals surface area contributed by atoms with Crippen LogP contribution in [-0.2, 0) is 20.2 Å². The topological polar surface area (TPSA) is 69.0 Å².